The molecule has 1 unspecified atom stereocenters. The Balaban J connectivity index is 2.40. The van der Waals surface area contributed by atoms with Crippen molar-refractivity contribution in [2.45, 2.75) is 25.9 Å². The Morgan fingerprint density at radius 3 is 2.55 bits per heavy atom. The molecule has 2 N–H and O–H groups in total. The first-order valence-corrected chi connectivity index (χ1v) is 6.79. The quantitative estimate of drug-likeness (QED) is 0.783. The van der Waals surface area contributed by atoms with Crippen molar-refractivity contribution in [2.24, 2.45) is 0 Å². The van der Waals surface area contributed by atoms with E-state index in [2.05, 4.69) is 5.32 Å². The zero-order chi connectivity index (χ0) is 15.0. The number of benzene rings is 1. The van der Waals surface area contributed by atoms with Gasteiger partial charge in [-0.3, -0.25) is 9.59 Å². The number of nitrogens with zero attached hydrogens (tertiary/aromatic N) is 1. The number of hydrogen-bond donors (Lipinski definition) is 2. The maximum Gasteiger partial charge on any atom is 0.254 e. The summed E-state index contributed by atoms with van der Waals surface area (Å²) in [7, 11) is 1.58. The molecular weight excluding hydrogens is 256 g/mol. The number of amides is 2. The molecule has 0 bridgehead atoms. The van der Waals surface area contributed by atoms with Gasteiger partial charge in [0.15, 0.2) is 0 Å². The maximum atomic E-state index is 12.0. The van der Waals surface area contributed by atoms with Crippen LogP contribution in [-0.2, 0) is 4.79 Å². The minimum atomic E-state index is -0.529. The van der Waals surface area contributed by atoms with E-state index in [0.717, 1.165) is 6.42 Å². The van der Waals surface area contributed by atoms with Crippen molar-refractivity contribution in [1.82, 2.24) is 10.2 Å². The van der Waals surface area contributed by atoms with Gasteiger partial charge in [0.1, 0.15) is 0 Å². The van der Waals surface area contributed by atoms with Crippen molar-refractivity contribution in [3.05, 3.63) is 35.9 Å². The van der Waals surface area contributed by atoms with Crippen LogP contribution in [0, 0.1) is 0 Å². The Morgan fingerprint density at radius 2 is 1.95 bits per heavy atom. The van der Waals surface area contributed by atoms with Crippen LogP contribution in [0.4, 0.5) is 0 Å². The molecule has 2 amide bonds. The molecule has 0 saturated heterocycles. The maximum absolute atomic E-state index is 12.0. The summed E-state index contributed by atoms with van der Waals surface area (Å²) in [5, 5.41) is 12.1. The molecule has 0 heterocycles. The first kappa shape index (κ1) is 16.2. The lowest BCUT2D eigenvalue weighted by Crippen LogP contribution is -2.41. The first-order chi connectivity index (χ1) is 9.54. The van der Waals surface area contributed by atoms with E-state index >= 15 is 0 Å². The van der Waals surface area contributed by atoms with Gasteiger partial charge in [-0.25, -0.2) is 0 Å². The molecular formula is C15H22N2O3. The Hall–Kier alpha value is -1.88. The van der Waals surface area contributed by atoms with Crippen molar-refractivity contribution in [3.8, 4) is 0 Å². The predicted molar refractivity (Wildman–Crippen MR) is 77.3 cm³/mol. The van der Waals surface area contributed by atoms with Crippen LogP contribution in [0.15, 0.2) is 30.3 Å². The minimum absolute atomic E-state index is 0.0213. The van der Waals surface area contributed by atoms with E-state index in [-0.39, 0.29) is 24.9 Å². The van der Waals surface area contributed by atoms with Crippen LogP contribution in [0.25, 0.3) is 0 Å². The van der Waals surface area contributed by atoms with Gasteiger partial charge in [0.25, 0.3) is 5.91 Å². The van der Waals surface area contributed by atoms with Gasteiger partial charge in [0.05, 0.1) is 12.6 Å². The van der Waals surface area contributed by atoms with E-state index in [1.807, 2.05) is 13.0 Å². The highest BCUT2D eigenvalue weighted by molar-refractivity contribution is 5.96. The third-order valence-corrected chi connectivity index (χ3v) is 2.90. The summed E-state index contributed by atoms with van der Waals surface area (Å²) in [4.78, 5) is 25.1. The predicted octanol–water partition coefficient (Wildman–Crippen LogP) is 1.04. The molecule has 1 aromatic carbocycles. The summed E-state index contributed by atoms with van der Waals surface area (Å²) in [5.41, 5.74) is 0.550. The van der Waals surface area contributed by atoms with Crippen LogP contribution in [0.1, 0.15) is 30.1 Å². The van der Waals surface area contributed by atoms with Gasteiger partial charge in [0, 0.05) is 19.2 Å². The topological polar surface area (TPSA) is 69.6 Å². The number of carbonyl (C=O) groups is 2. The van der Waals surface area contributed by atoms with Gasteiger partial charge in [-0.1, -0.05) is 31.5 Å². The smallest absolute Gasteiger partial charge is 0.254 e. The summed E-state index contributed by atoms with van der Waals surface area (Å²) < 4.78 is 0. The Bertz CT molecular complexity index is 434. The van der Waals surface area contributed by atoms with Crippen molar-refractivity contribution in [2.75, 3.05) is 20.1 Å². The van der Waals surface area contributed by atoms with Crippen LogP contribution in [0.5, 0.6) is 0 Å². The number of carbonyl (C=O) groups excluding carboxylic acids is 2. The molecule has 0 aliphatic rings. The second-order valence-electron chi connectivity index (χ2n) is 4.77. The SMILES string of the molecule is CCCC(O)CNC(=O)CN(C)C(=O)c1ccccc1. The standard InChI is InChI=1S/C15H22N2O3/c1-3-7-13(18)10-16-14(19)11-17(2)15(20)12-8-5-4-6-9-12/h4-6,8-9,13,18H,3,7,10-11H2,1-2H3,(H,16,19). The summed E-state index contributed by atoms with van der Waals surface area (Å²) in [6, 6.07) is 8.81. The molecule has 0 saturated carbocycles. The van der Waals surface area contributed by atoms with Gasteiger partial charge in [-0.2, -0.15) is 0 Å². The van der Waals surface area contributed by atoms with E-state index < -0.39 is 6.10 Å². The average Bonchev–Trinajstić information content (AvgIpc) is 2.45. The fourth-order valence-corrected chi connectivity index (χ4v) is 1.81. The second kappa shape index (κ2) is 8.32. The van der Waals surface area contributed by atoms with Crippen LogP contribution < -0.4 is 5.32 Å². The minimum Gasteiger partial charge on any atom is -0.391 e. The zero-order valence-corrected chi connectivity index (χ0v) is 12.0. The number of hydrogen-bond acceptors (Lipinski definition) is 3. The molecule has 5 nitrogen and oxygen atoms in total. The highest BCUT2D eigenvalue weighted by Crippen LogP contribution is 2.02. The van der Waals surface area contributed by atoms with Crippen LogP contribution in [0.3, 0.4) is 0 Å². The van der Waals surface area contributed by atoms with Crippen molar-refractivity contribution in [1.29, 1.82) is 0 Å². The summed E-state index contributed by atoms with van der Waals surface area (Å²) >= 11 is 0. The average molecular weight is 278 g/mol. The van der Waals surface area contributed by atoms with Crippen molar-refractivity contribution >= 4 is 11.8 Å². The third-order valence-electron chi connectivity index (χ3n) is 2.90. The molecule has 1 aromatic rings. The van der Waals surface area contributed by atoms with Crippen LogP contribution >= 0.6 is 0 Å². The molecule has 5 heteroatoms. The molecule has 0 aliphatic heterocycles. The Kier molecular flexibility index (Phi) is 6.73. The van der Waals surface area contributed by atoms with Gasteiger partial charge in [-0.05, 0) is 18.6 Å². The highest BCUT2D eigenvalue weighted by atomic mass is 16.3. The molecule has 0 radical (unpaired) electrons. The Morgan fingerprint density at radius 1 is 1.30 bits per heavy atom. The fraction of sp³-hybridized carbons (Fsp3) is 0.467. The number of aliphatic hydroxyl groups excluding tert-OH is 1. The fourth-order valence-electron chi connectivity index (χ4n) is 1.81. The monoisotopic (exact) mass is 278 g/mol. The second-order valence-corrected chi connectivity index (χ2v) is 4.77. The molecule has 20 heavy (non-hydrogen) atoms. The molecule has 0 fully saturated rings. The number of likely N-dealkylation sites (N-methyl/N-ethyl adjacent to an activating group) is 1. The lowest BCUT2D eigenvalue weighted by Gasteiger charge is -2.17. The van der Waals surface area contributed by atoms with E-state index in [4.69, 9.17) is 0 Å². The highest BCUT2D eigenvalue weighted by Gasteiger charge is 2.15. The van der Waals surface area contributed by atoms with Gasteiger partial charge in [0.2, 0.25) is 5.91 Å². The zero-order valence-electron chi connectivity index (χ0n) is 12.0. The molecule has 0 aromatic heterocycles. The summed E-state index contributed by atoms with van der Waals surface area (Å²) in [6.45, 7) is 2.17. The van der Waals surface area contributed by atoms with E-state index in [0.29, 0.717) is 12.0 Å². The van der Waals surface area contributed by atoms with E-state index in [1.165, 1.54) is 4.90 Å². The van der Waals surface area contributed by atoms with Gasteiger partial charge >= 0.3 is 0 Å². The van der Waals surface area contributed by atoms with E-state index in [9.17, 15) is 14.7 Å². The summed E-state index contributed by atoms with van der Waals surface area (Å²) in [5.74, 6) is -0.471. The molecule has 0 spiro atoms. The molecule has 1 atom stereocenters. The van der Waals surface area contributed by atoms with Gasteiger partial charge in [-0.15, -0.1) is 0 Å². The Labute approximate surface area is 119 Å². The van der Waals surface area contributed by atoms with Crippen LogP contribution in [0.2, 0.25) is 0 Å². The number of nitrogens with one attached hydrogen (secondary N) is 1. The first-order valence-electron chi connectivity index (χ1n) is 6.79. The lowest BCUT2D eigenvalue weighted by atomic mass is 10.2. The molecule has 1 rings (SSSR count). The molecule has 0 aliphatic carbocycles. The van der Waals surface area contributed by atoms with E-state index in [1.54, 1.807) is 31.3 Å². The molecule has 110 valence electrons. The van der Waals surface area contributed by atoms with Crippen LogP contribution in [-0.4, -0.2) is 48.1 Å². The number of rotatable bonds is 7. The normalized spacial score (nSPS) is 11.8. The lowest BCUT2D eigenvalue weighted by molar-refractivity contribution is -0.122. The van der Waals surface area contributed by atoms with Crippen molar-refractivity contribution in [3.63, 3.8) is 0 Å². The largest absolute Gasteiger partial charge is 0.391 e. The number of aliphatic hydroxyl groups is 1. The summed E-state index contributed by atoms with van der Waals surface area (Å²) in [6.07, 6.45) is 0.988. The van der Waals surface area contributed by atoms with Crippen molar-refractivity contribution < 1.29 is 14.7 Å². The third kappa shape index (κ3) is 5.40. The van der Waals surface area contributed by atoms with Gasteiger partial charge < -0.3 is 15.3 Å².